The summed E-state index contributed by atoms with van der Waals surface area (Å²) >= 11 is 12.2. The molecule has 1 fully saturated rings. The maximum absolute atomic E-state index is 6.24. The van der Waals surface area contributed by atoms with Crippen LogP contribution in [-0.4, -0.2) is 19.1 Å². The van der Waals surface area contributed by atoms with Gasteiger partial charge in [-0.1, -0.05) is 43.0 Å². The molecule has 1 heterocycles. The maximum Gasteiger partial charge on any atom is 0.0441 e. The molecule has 1 saturated heterocycles. The molecule has 2 nitrogen and oxygen atoms in total. The molecule has 114 valence electrons. The minimum absolute atomic E-state index is 0. The van der Waals surface area contributed by atoms with Crippen molar-refractivity contribution in [1.82, 2.24) is 0 Å². The molecule has 1 aliphatic rings. The van der Waals surface area contributed by atoms with Gasteiger partial charge in [-0.25, -0.2) is 0 Å². The van der Waals surface area contributed by atoms with E-state index < -0.39 is 0 Å². The van der Waals surface area contributed by atoms with Crippen LogP contribution in [0.5, 0.6) is 0 Å². The van der Waals surface area contributed by atoms with Crippen LogP contribution in [0.2, 0.25) is 10.0 Å². The molecule has 0 amide bonds. The summed E-state index contributed by atoms with van der Waals surface area (Å²) in [6.45, 7) is 4.22. The zero-order valence-electron chi connectivity index (χ0n) is 11.8. The van der Waals surface area contributed by atoms with E-state index >= 15 is 0 Å². The highest BCUT2D eigenvalue weighted by atomic mass is 35.5. The number of hydrogen-bond acceptors (Lipinski definition) is 2. The number of halogens is 3. The predicted octanol–water partition coefficient (Wildman–Crippen LogP) is 4.76. The van der Waals surface area contributed by atoms with Crippen molar-refractivity contribution in [1.29, 1.82) is 0 Å². The summed E-state index contributed by atoms with van der Waals surface area (Å²) in [5.41, 5.74) is 7.36. The van der Waals surface area contributed by atoms with Crippen molar-refractivity contribution in [2.45, 2.75) is 38.6 Å². The summed E-state index contributed by atoms with van der Waals surface area (Å²) in [6.07, 6.45) is 4.73. The Labute approximate surface area is 138 Å². The summed E-state index contributed by atoms with van der Waals surface area (Å²) in [5, 5.41) is 1.39. The van der Waals surface area contributed by atoms with E-state index in [0.717, 1.165) is 25.2 Å². The fourth-order valence-electron chi connectivity index (χ4n) is 2.78. The molecule has 0 bridgehead atoms. The van der Waals surface area contributed by atoms with Gasteiger partial charge >= 0.3 is 0 Å². The van der Waals surface area contributed by atoms with E-state index in [1.807, 2.05) is 12.1 Å². The normalized spacial score (nSPS) is 22.5. The van der Waals surface area contributed by atoms with E-state index in [4.69, 9.17) is 28.9 Å². The number of piperidine rings is 1. The van der Waals surface area contributed by atoms with Crippen LogP contribution >= 0.6 is 35.6 Å². The van der Waals surface area contributed by atoms with E-state index in [2.05, 4.69) is 11.8 Å². The number of rotatable bonds is 4. The highest BCUT2D eigenvalue weighted by Gasteiger charge is 2.26. The largest absolute Gasteiger partial charge is 0.371 e. The molecule has 5 heteroatoms. The molecule has 0 spiro atoms. The molecular formula is C15H23Cl3N2. The lowest BCUT2D eigenvalue weighted by Gasteiger charge is -2.38. The van der Waals surface area contributed by atoms with Crippen molar-refractivity contribution in [2.75, 3.05) is 18.0 Å². The molecular weight excluding hydrogens is 315 g/mol. The molecule has 20 heavy (non-hydrogen) atoms. The number of benzene rings is 1. The van der Waals surface area contributed by atoms with Crippen LogP contribution in [0.1, 0.15) is 32.6 Å². The molecule has 2 atom stereocenters. The first-order valence-corrected chi connectivity index (χ1v) is 7.82. The van der Waals surface area contributed by atoms with Crippen LogP contribution in [0.4, 0.5) is 5.69 Å². The number of nitrogens with two attached hydrogens (primary N) is 1. The minimum Gasteiger partial charge on any atom is -0.371 e. The zero-order valence-corrected chi connectivity index (χ0v) is 14.1. The van der Waals surface area contributed by atoms with Crippen LogP contribution in [0, 0.1) is 5.92 Å². The van der Waals surface area contributed by atoms with Gasteiger partial charge in [0.1, 0.15) is 0 Å². The molecule has 1 aromatic carbocycles. The van der Waals surface area contributed by atoms with Crippen molar-refractivity contribution in [2.24, 2.45) is 11.7 Å². The lowest BCUT2D eigenvalue weighted by atomic mass is 9.88. The molecule has 0 radical (unpaired) electrons. The Bertz CT molecular complexity index is 405. The Morgan fingerprint density at radius 2 is 1.90 bits per heavy atom. The van der Waals surface area contributed by atoms with Crippen LogP contribution in [0.3, 0.4) is 0 Å². The van der Waals surface area contributed by atoms with Crippen molar-refractivity contribution >= 4 is 41.3 Å². The Hall–Kier alpha value is -0.150. The van der Waals surface area contributed by atoms with E-state index in [0.29, 0.717) is 22.0 Å². The van der Waals surface area contributed by atoms with E-state index in [1.165, 1.54) is 19.3 Å². The van der Waals surface area contributed by atoms with Gasteiger partial charge < -0.3 is 10.6 Å². The first kappa shape index (κ1) is 17.9. The second kappa shape index (κ2) is 8.33. The Balaban J connectivity index is 0.00000200. The standard InChI is InChI=1S/C15H22Cl2N2.ClH/c1-2-3-4-11-10-19(6-5-15(11)18)14-8-12(16)7-13(17)9-14;/h7-9,11,15H,2-6,10,18H2,1H3;1H/t11-,15+;/m0./s1. The minimum atomic E-state index is 0. The van der Waals surface area contributed by atoms with Crippen molar-refractivity contribution < 1.29 is 0 Å². The Morgan fingerprint density at radius 1 is 1.25 bits per heavy atom. The van der Waals surface area contributed by atoms with E-state index in [-0.39, 0.29) is 12.4 Å². The Morgan fingerprint density at radius 3 is 2.50 bits per heavy atom. The van der Waals surface area contributed by atoms with Crippen molar-refractivity contribution in [3.05, 3.63) is 28.2 Å². The van der Waals surface area contributed by atoms with Crippen molar-refractivity contribution in [3.63, 3.8) is 0 Å². The summed E-state index contributed by atoms with van der Waals surface area (Å²) in [6, 6.07) is 6.08. The first-order valence-electron chi connectivity index (χ1n) is 7.06. The summed E-state index contributed by atoms with van der Waals surface area (Å²) in [7, 11) is 0. The van der Waals surface area contributed by atoms with E-state index in [1.54, 1.807) is 6.07 Å². The molecule has 0 aliphatic carbocycles. The third-order valence-corrected chi connectivity index (χ3v) is 4.37. The molecule has 2 N–H and O–H groups in total. The number of hydrogen-bond donors (Lipinski definition) is 1. The molecule has 0 aromatic heterocycles. The molecule has 1 aromatic rings. The topological polar surface area (TPSA) is 29.3 Å². The summed E-state index contributed by atoms with van der Waals surface area (Å²) in [5.74, 6) is 0.575. The highest BCUT2D eigenvalue weighted by molar-refractivity contribution is 6.35. The quantitative estimate of drug-likeness (QED) is 0.858. The van der Waals surface area contributed by atoms with Gasteiger partial charge in [-0.05, 0) is 37.0 Å². The van der Waals surface area contributed by atoms with E-state index in [9.17, 15) is 0 Å². The Kier molecular flexibility index (Phi) is 7.46. The van der Waals surface area contributed by atoms with Gasteiger partial charge in [-0.15, -0.1) is 12.4 Å². The molecule has 2 rings (SSSR count). The summed E-state index contributed by atoms with van der Waals surface area (Å²) < 4.78 is 0. The van der Waals surface area contributed by atoms with Crippen molar-refractivity contribution in [3.8, 4) is 0 Å². The monoisotopic (exact) mass is 336 g/mol. The van der Waals surface area contributed by atoms with Crippen LogP contribution in [-0.2, 0) is 0 Å². The van der Waals surface area contributed by atoms with Gasteiger partial charge in [0.2, 0.25) is 0 Å². The maximum atomic E-state index is 6.24. The average Bonchev–Trinajstić information content (AvgIpc) is 2.36. The average molecular weight is 338 g/mol. The van der Waals surface area contributed by atoms with Gasteiger partial charge in [-0.3, -0.25) is 0 Å². The fraction of sp³-hybridized carbons (Fsp3) is 0.600. The second-order valence-corrected chi connectivity index (χ2v) is 6.30. The van der Waals surface area contributed by atoms with Gasteiger partial charge in [0, 0.05) is 34.9 Å². The van der Waals surface area contributed by atoms with Crippen LogP contribution < -0.4 is 10.6 Å². The molecule has 0 unspecified atom stereocenters. The SMILES string of the molecule is CCCC[C@H]1CN(c2cc(Cl)cc(Cl)c2)CC[C@H]1N.Cl. The van der Waals surface area contributed by atoms with Gasteiger partial charge in [0.05, 0.1) is 0 Å². The smallest absolute Gasteiger partial charge is 0.0441 e. The fourth-order valence-corrected chi connectivity index (χ4v) is 3.29. The van der Waals surface area contributed by atoms with Crippen LogP contribution in [0.15, 0.2) is 18.2 Å². The highest BCUT2D eigenvalue weighted by Crippen LogP contribution is 2.30. The zero-order chi connectivity index (χ0) is 13.8. The first-order chi connectivity index (χ1) is 9.10. The predicted molar refractivity (Wildman–Crippen MR) is 91.5 cm³/mol. The molecule has 1 aliphatic heterocycles. The lowest BCUT2D eigenvalue weighted by Crippen LogP contribution is -2.47. The summed E-state index contributed by atoms with van der Waals surface area (Å²) in [4.78, 5) is 2.36. The second-order valence-electron chi connectivity index (χ2n) is 5.43. The third-order valence-electron chi connectivity index (χ3n) is 3.93. The number of nitrogens with zero attached hydrogens (tertiary/aromatic N) is 1. The van der Waals surface area contributed by atoms with Gasteiger partial charge in [0.15, 0.2) is 0 Å². The van der Waals surface area contributed by atoms with Crippen LogP contribution in [0.25, 0.3) is 0 Å². The van der Waals surface area contributed by atoms with Gasteiger partial charge in [-0.2, -0.15) is 0 Å². The third kappa shape index (κ3) is 4.70. The van der Waals surface area contributed by atoms with Gasteiger partial charge in [0.25, 0.3) is 0 Å². The number of anilines is 1. The number of unbranched alkanes of at least 4 members (excludes halogenated alkanes) is 1. The molecule has 0 saturated carbocycles. The lowest BCUT2D eigenvalue weighted by molar-refractivity contribution is 0.330.